The van der Waals surface area contributed by atoms with Gasteiger partial charge in [0, 0.05) is 18.5 Å². The Balaban J connectivity index is 2.24. The fourth-order valence-electron chi connectivity index (χ4n) is 2.17. The molecule has 3 nitrogen and oxygen atoms in total. The highest BCUT2D eigenvalue weighted by atomic mass is 16.1. The van der Waals surface area contributed by atoms with Crippen molar-refractivity contribution in [3.8, 4) is 0 Å². The van der Waals surface area contributed by atoms with Crippen molar-refractivity contribution in [2.75, 3.05) is 6.54 Å². The van der Waals surface area contributed by atoms with Crippen LogP contribution in [0.25, 0.3) is 0 Å². The van der Waals surface area contributed by atoms with E-state index in [-0.39, 0.29) is 23.3 Å². The molecule has 94 valence electrons. The maximum Gasteiger partial charge on any atom is 0.223 e. The molecule has 1 amide bonds. The molecular formula is C13H26N2O. The zero-order valence-electron chi connectivity index (χ0n) is 10.9. The van der Waals surface area contributed by atoms with Crippen LogP contribution in [0.2, 0.25) is 0 Å². The number of nitrogens with one attached hydrogen (secondary N) is 1. The van der Waals surface area contributed by atoms with Gasteiger partial charge < -0.3 is 11.1 Å². The Morgan fingerprint density at radius 1 is 1.38 bits per heavy atom. The van der Waals surface area contributed by atoms with Crippen molar-refractivity contribution in [2.45, 2.75) is 58.9 Å². The van der Waals surface area contributed by atoms with E-state index in [1.54, 1.807) is 0 Å². The minimum absolute atomic E-state index is 0.156. The second-order valence-corrected chi connectivity index (χ2v) is 6.23. The highest BCUT2D eigenvalue weighted by molar-refractivity contribution is 5.78. The van der Waals surface area contributed by atoms with E-state index in [0.29, 0.717) is 0 Å². The Labute approximate surface area is 99.2 Å². The fraction of sp³-hybridized carbons (Fsp3) is 0.923. The molecule has 1 aliphatic carbocycles. The maximum atomic E-state index is 11.9. The number of rotatable bonds is 3. The third-order valence-electron chi connectivity index (χ3n) is 3.26. The van der Waals surface area contributed by atoms with E-state index in [1.807, 2.05) is 0 Å². The van der Waals surface area contributed by atoms with Crippen LogP contribution in [0.5, 0.6) is 0 Å². The van der Waals surface area contributed by atoms with Gasteiger partial charge in [0.1, 0.15) is 0 Å². The molecule has 0 aliphatic heterocycles. The normalized spacial score (nSPS) is 26.5. The van der Waals surface area contributed by atoms with Gasteiger partial charge in [-0.15, -0.1) is 0 Å². The highest BCUT2D eigenvalue weighted by Crippen LogP contribution is 2.23. The molecule has 0 aromatic carbocycles. The van der Waals surface area contributed by atoms with Crippen LogP contribution < -0.4 is 11.1 Å². The lowest BCUT2D eigenvalue weighted by molar-refractivity contribution is -0.126. The molecule has 3 heteroatoms. The summed E-state index contributed by atoms with van der Waals surface area (Å²) in [5, 5.41) is 3.03. The summed E-state index contributed by atoms with van der Waals surface area (Å²) in [4.78, 5) is 11.9. The molecule has 0 heterocycles. The second-order valence-electron chi connectivity index (χ2n) is 6.23. The van der Waals surface area contributed by atoms with E-state index in [9.17, 15) is 4.79 Å². The van der Waals surface area contributed by atoms with Crippen LogP contribution >= 0.6 is 0 Å². The molecule has 0 aromatic heterocycles. The molecule has 1 rings (SSSR count). The Kier molecular flexibility index (Phi) is 4.78. The molecule has 0 radical (unpaired) electrons. The number of carbonyl (C=O) groups is 1. The lowest BCUT2D eigenvalue weighted by Gasteiger charge is -2.26. The predicted octanol–water partition coefficient (Wildman–Crippen LogP) is 2.06. The van der Waals surface area contributed by atoms with Gasteiger partial charge in [0.15, 0.2) is 0 Å². The van der Waals surface area contributed by atoms with Gasteiger partial charge in [0.25, 0.3) is 0 Å². The first-order chi connectivity index (χ1) is 7.38. The number of nitrogens with two attached hydrogens (primary N) is 1. The average molecular weight is 226 g/mol. The summed E-state index contributed by atoms with van der Waals surface area (Å²) in [6.45, 7) is 7.36. The first-order valence-electron chi connectivity index (χ1n) is 6.42. The van der Waals surface area contributed by atoms with E-state index in [1.165, 1.54) is 0 Å². The largest absolute Gasteiger partial charge is 0.356 e. The molecule has 1 fully saturated rings. The summed E-state index contributed by atoms with van der Waals surface area (Å²) < 4.78 is 0. The van der Waals surface area contributed by atoms with E-state index >= 15 is 0 Å². The van der Waals surface area contributed by atoms with Gasteiger partial charge >= 0.3 is 0 Å². The SMILES string of the molecule is CC(C)(C)CCNC(=O)C1CCCC(N)C1. The number of hydrogen-bond acceptors (Lipinski definition) is 2. The molecule has 0 aromatic rings. The zero-order chi connectivity index (χ0) is 12.2. The summed E-state index contributed by atoms with van der Waals surface area (Å²) in [7, 11) is 0. The smallest absolute Gasteiger partial charge is 0.223 e. The van der Waals surface area contributed by atoms with Gasteiger partial charge in [0.2, 0.25) is 5.91 Å². The topological polar surface area (TPSA) is 55.1 Å². The number of hydrogen-bond donors (Lipinski definition) is 2. The van der Waals surface area contributed by atoms with Crippen LogP contribution in [0.3, 0.4) is 0 Å². The summed E-state index contributed by atoms with van der Waals surface area (Å²) in [6, 6.07) is 0.229. The Morgan fingerprint density at radius 2 is 2.06 bits per heavy atom. The van der Waals surface area contributed by atoms with Crippen LogP contribution in [0.1, 0.15) is 52.9 Å². The molecule has 1 aliphatic rings. The Bertz CT molecular complexity index is 233. The van der Waals surface area contributed by atoms with E-state index in [0.717, 1.165) is 38.6 Å². The minimum Gasteiger partial charge on any atom is -0.356 e. The summed E-state index contributed by atoms with van der Waals surface area (Å²) in [6.07, 6.45) is 5.07. The molecule has 3 N–H and O–H groups in total. The first-order valence-corrected chi connectivity index (χ1v) is 6.42. The predicted molar refractivity (Wildman–Crippen MR) is 67.0 cm³/mol. The second kappa shape index (κ2) is 5.67. The third-order valence-corrected chi connectivity index (χ3v) is 3.26. The van der Waals surface area contributed by atoms with Gasteiger partial charge in [-0.25, -0.2) is 0 Å². The van der Waals surface area contributed by atoms with Crippen molar-refractivity contribution < 1.29 is 4.79 Å². The number of amides is 1. The van der Waals surface area contributed by atoms with Gasteiger partial charge in [0.05, 0.1) is 0 Å². The molecule has 2 atom stereocenters. The lowest BCUT2D eigenvalue weighted by atomic mass is 9.85. The van der Waals surface area contributed by atoms with Crippen molar-refractivity contribution >= 4 is 5.91 Å². The zero-order valence-corrected chi connectivity index (χ0v) is 10.9. The molecule has 0 spiro atoms. The van der Waals surface area contributed by atoms with Crippen LogP contribution in [-0.2, 0) is 4.79 Å². The Morgan fingerprint density at radius 3 is 2.62 bits per heavy atom. The van der Waals surface area contributed by atoms with E-state index in [4.69, 9.17) is 5.73 Å². The molecule has 16 heavy (non-hydrogen) atoms. The molecule has 0 saturated heterocycles. The Hall–Kier alpha value is -0.570. The summed E-state index contributed by atoms with van der Waals surface area (Å²) in [5.41, 5.74) is 6.17. The standard InChI is InChI=1S/C13H26N2O/c1-13(2,3)7-8-15-12(16)10-5-4-6-11(14)9-10/h10-11H,4-9,14H2,1-3H3,(H,15,16). The molecular weight excluding hydrogens is 200 g/mol. The van der Waals surface area contributed by atoms with Gasteiger partial charge in [-0.2, -0.15) is 0 Å². The quantitative estimate of drug-likeness (QED) is 0.774. The van der Waals surface area contributed by atoms with Gasteiger partial charge in [-0.3, -0.25) is 4.79 Å². The summed E-state index contributed by atoms with van der Waals surface area (Å²) in [5.74, 6) is 0.364. The van der Waals surface area contributed by atoms with Crippen molar-refractivity contribution in [1.82, 2.24) is 5.32 Å². The van der Waals surface area contributed by atoms with E-state index < -0.39 is 0 Å². The van der Waals surface area contributed by atoms with Crippen LogP contribution in [-0.4, -0.2) is 18.5 Å². The summed E-state index contributed by atoms with van der Waals surface area (Å²) >= 11 is 0. The third kappa shape index (κ3) is 4.97. The molecule has 0 bridgehead atoms. The van der Waals surface area contributed by atoms with Crippen LogP contribution in [0.15, 0.2) is 0 Å². The van der Waals surface area contributed by atoms with E-state index in [2.05, 4.69) is 26.1 Å². The van der Waals surface area contributed by atoms with Gasteiger partial charge in [-0.1, -0.05) is 27.2 Å². The van der Waals surface area contributed by atoms with Crippen molar-refractivity contribution in [3.63, 3.8) is 0 Å². The van der Waals surface area contributed by atoms with Gasteiger partial charge in [-0.05, 0) is 31.1 Å². The number of carbonyl (C=O) groups excluding carboxylic acids is 1. The maximum absolute atomic E-state index is 11.9. The lowest BCUT2D eigenvalue weighted by Crippen LogP contribution is -2.38. The molecule has 2 unspecified atom stereocenters. The monoisotopic (exact) mass is 226 g/mol. The highest BCUT2D eigenvalue weighted by Gasteiger charge is 2.25. The molecule has 1 saturated carbocycles. The fourth-order valence-corrected chi connectivity index (χ4v) is 2.17. The van der Waals surface area contributed by atoms with Crippen molar-refractivity contribution in [3.05, 3.63) is 0 Å². The van der Waals surface area contributed by atoms with Crippen molar-refractivity contribution in [2.24, 2.45) is 17.1 Å². The first kappa shape index (κ1) is 13.5. The van der Waals surface area contributed by atoms with Crippen LogP contribution in [0.4, 0.5) is 0 Å². The van der Waals surface area contributed by atoms with Crippen molar-refractivity contribution in [1.29, 1.82) is 0 Å². The minimum atomic E-state index is 0.156. The average Bonchev–Trinajstić information content (AvgIpc) is 2.15. The van der Waals surface area contributed by atoms with Crippen LogP contribution in [0, 0.1) is 11.3 Å².